The fourth-order valence-electron chi connectivity index (χ4n) is 2.07. The molecule has 0 aromatic heterocycles. The van der Waals surface area contributed by atoms with Crippen molar-refractivity contribution < 1.29 is 24.0 Å². The van der Waals surface area contributed by atoms with E-state index in [2.05, 4.69) is 10.4 Å². The fraction of sp³-hybridized carbons (Fsp3) is 0.118. The quantitative estimate of drug-likeness (QED) is 0.343. The highest BCUT2D eigenvalue weighted by atomic mass is 16.6. The highest BCUT2D eigenvalue weighted by molar-refractivity contribution is 6.39. The highest BCUT2D eigenvalue weighted by Gasteiger charge is 2.16. The maximum absolute atomic E-state index is 11.9. The third kappa shape index (κ3) is 5.01. The van der Waals surface area contributed by atoms with E-state index < -0.39 is 16.7 Å². The van der Waals surface area contributed by atoms with Gasteiger partial charge in [-0.15, -0.1) is 0 Å². The van der Waals surface area contributed by atoms with Crippen LogP contribution in [0.3, 0.4) is 0 Å². The number of nitro groups is 1. The molecular formula is C17H16N4O6. The number of amides is 2. The van der Waals surface area contributed by atoms with E-state index in [0.717, 1.165) is 0 Å². The lowest BCUT2D eigenvalue weighted by Gasteiger charge is -2.08. The number of hydrazone groups is 1. The van der Waals surface area contributed by atoms with E-state index in [1.807, 2.05) is 5.43 Å². The molecule has 10 nitrogen and oxygen atoms in total. The Kier molecular flexibility index (Phi) is 6.42. The molecule has 0 atom stereocenters. The summed E-state index contributed by atoms with van der Waals surface area (Å²) in [5.74, 6) is -1.47. The van der Waals surface area contributed by atoms with Gasteiger partial charge >= 0.3 is 17.5 Å². The average Bonchev–Trinajstić information content (AvgIpc) is 2.68. The number of anilines is 1. The first kappa shape index (κ1) is 19.4. The number of hydrogen-bond acceptors (Lipinski definition) is 7. The lowest BCUT2D eigenvalue weighted by atomic mass is 10.2. The van der Waals surface area contributed by atoms with E-state index in [0.29, 0.717) is 17.0 Å². The summed E-state index contributed by atoms with van der Waals surface area (Å²) in [5.41, 5.74) is 2.46. The zero-order valence-corrected chi connectivity index (χ0v) is 14.5. The van der Waals surface area contributed by atoms with Crippen LogP contribution in [0.5, 0.6) is 11.5 Å². The van der Waals surface area contributed by atoms with Crippen molar-refractivity contribution in [3.63, 3.8) is 0 Å². The average molecular weight is 372 g/mol. The molecular weight excluding hydrogens is 356 g/mol. The van der Waals surface area contributed by atoms with Gasteiger partial charge in [0, 0.05) is 11.6 Å². The molecule has 2 amide bonds. The Morgan fingerprint density at radius 3 is 2.44 bits per heavy atom. The van der Waals surface area contributed by atoms with E-state index in [1.165, 1.54) is 38.6 Å². The molecule has 10 heteroatoms. The van der Waals surface area contributed by atoms with Crippen molar-refractivity contribution in [3.8, 4) is 11.5 Å². The van der Waals surface area contributed by atoms with Crippen molar-refractivity contribution in [2.45, 2.75) is 0 Å². The van der Waals surface area contributed by atoms with Crippen LogP contribution in [-0.4, -0.2) is 37.2 Å². The predicted octanol–water partition coefficient (Wildman–Crippen LogP) is 1.70. The fourth-order valence-corrected chi connectivity index (χ4v) is 2.07. The van der Waals surface area contributed by atoms with Crippen LogP contribution in [0.4, 0.5) is 11.4 Å². The van der Waals surface area contributed by atoms with Crippen molar-refractivity contribution in [1.29, 1.82) is 0 Å². The summed E-state index contributed by atoms with van der Waals surface area (Å²) in [6.07, 6.45) is 1.17. The first-order chi connectivity index (χ1) is 13.0. The zero-order chi connectivity index (χ0) is 19.8. The first-order valence-electron chi connectivity index (χ1n) is 7.56. The number of methoxy groups -OCH3 is 2. The van der Waals surface area contributed by atoms with Crippen LogP contribution in [0.1, 0.15) is 5.56 Å². The normalized spacial score (nSPS) is 10.3. The molecule has 0 unspecified atom stereocenters. The first-order valence-corrected chi connectivity index (χ1v) is 7.56. The lowest BCUT2D eigenvalue weighted by Crippen LogP contribution is -2.32. The summed E-state index contributed by atoms with van der Waals surface area (Å²) in [4.78, 5) is 34.1. The Balaban J connectivity index is 2.01. The second-order valence-corrected chi connectivity index (χ2v) is 5.04. The standard InChI is InChI=1S/C17H16N4O6/c1-26-14-6-4-3-5-12(14)19-16(22)17(23)20-18-10-11-7-8-15(27-2)13(9-11)21(24)25/h3-10H,1-2H3,(H,19,22)(H,20,23)/b18-10-. The number of hydrogen-bond donors (Lipinski definition) is 2. The highest BCUT2D eigenvalue weighted by Crippen LogP contribution is 2.26. The second-order valence-electron chi connectivity index (χ2n) is 5.04. The number of rotatable bonds is 6. The van der Waals surface area contributed by atoms with Crippen molar-refractivity contribution >= 4 is 29.4 Å². The minimum Gasteiger partial charge on any atom is -0.495 e. The number of nitrogens with one attached hydrogen (secondary N) is 2. The zero-order valence-electron chi connectivity index (χ0n) is 14.5. The van der Waals surface area contributed by atoms with Crippen LogP contribution in [0.2, 0.25) is 0 Å². The Morgan fingerprint density at radius 2 is 1.78 bits per heavy atom. The van der Waals surface area contributed by atoms with Gasteiger partial charge in [-0.25, -0.2) is 5.43 Å². The third-order valence-electron chi connectivity index (χ3n) is 3.34. The number of benzene rings is 2. The third-order valence-corrected chi connectivity index (χ3v) is 3.34. The molecule has 0 heterocycles. The number of para-hydroxylation sites is 2. The van der Waals surface area contributed by atoms with Gasteiger partial charge in [-0.3, -0.25) is 19.7 Å². The van der Waals surface area contributed by atoms with Crippen LogP contribution in [0, 0.1) is 10.1 Å². The van der Waals surface area contributed by atoms with E-state index in [-0.39, 0.29) is 11.4 Å². The van der Waals surface area contributed by atoms with Crippen LogP contribution >= 0.6 is 0 Å². The molecule has 0 spiro atoms. The van der Waals surface area contributed by atoms with Crippen LogP contribution < -0.4 is 20.2 Å². The monoisotopic (exact) mass is 372 g/mol. The maximum atomic E-state index is 11.9. The second kappa shape index (κ2) is 8.94. The van der Waals surface area contributed by atoms with Crippen molar-refractivity contribution in [3.05, 3.63) is 58.1 Å². The van der Waals surface area contributed by atoms with E-state index >= 15 is 0 Å². The molecule has 2 N–H and O–H groups in total. The van der Waals surface area contributed by atoms with Crippen molar-refractivity contribution in [1.82, 2.24) is 5.43 Å². The van der Waals surface area contributed by atoms with Gasteiger partial charge < -0.3 is 14.8 Å². The van der Waals surface area contributed by atoms with E-state index in [4.69, 9.17) is 9.47 Å². The largest absolute Gasteiger partial charge is 0.495 e. The predicted molar refractivity (Wildman–Crippen MR) is 97.0 cm³/mol. The molecule has 2 aromatic rings. The minimum absolute atomic E-state index is 0.0948. The number of carbonyl (C=O) groups is 2. The number of nitrogens with zero attached hydrogens (tertiary/aromatic N) is 2. The van der Waals surface area contributed by atoms with Gasteiger partial charge in [-0.2, -0.15) is 5.10 Å². The molecule has 0 saturated carbocycles. The lowest BCUT2D eigenvalue weighted by molar-refractivity contribution is -0.385. The van der Waals surface area contributed by atoms with Crippen LogP contribution in [0.15, 0.2) is 47.6 Å². The molecule has 0 saturated heterocycles. The minimum atomic E-state index is -1.01. The maximum Gasteiger partial charge on any atom is 0.329 e. The van der Waals surface area contributed by atoms with E-state index in [9.17, 15) is 19.7 Å². The Labute approximate surface area is 153 Å². The molecule has 140 valence electrons. The topological polar surface area (TPSA) is 132 Å². The summed E-state index contributed by atoms with van der Waals surface area (Å²) in [7, 11) is 2.75. The molecule has 0 radical (unpaired) electrons. The van der Waals surface area contributed by atoms with Crippen LogP contribution in [0.25, 0.3) is 0 Å². The SMILES string of the molecule is COc1ccccc1NC(=O)C(=O)N/N=C\c1ccc(OC)c([N+](=O)[O-])c1. The van der Waals surface area contributed by atoms with Crippen LogP contribution in [-0.2, 0) is 9.59 Å². The Hall–Kier alpha value is -3.95. The van der Waals surface area contributed by atoms with Gasteiger partial charge in [-0.1, -0.05) is 12.1 Å². The van der Waals surface area contributed by atoms with Crippen molar-refractivity contribution in [2.24, 2.45) is 5.10 Å². The molecule has 0 aliphatic carbocycles. The molecule has 2 aromatic carbocycles. The number of carbonyl (C=O) groups excluding carboxylic acids is 2. The summed E-state index contributed by atoms with van der Waals surface area (Å²) in [6, 6.07) is 10.7. The number of ether oxygens (including phenoxy) is 2. The molecule has 27 heavy (non-hydrogen) atoms. The summed E-state index contributed by atoms with van der Waals surface area (Å²) in [6.45, 7) is 0. The molecule has 0 bridgehead atoms. The molecule has 2 rings (SSSR count). The molecule has 0 aliphatic rings. The van der Waals surface area contributed by atoms with Gasteiger partial charge in [0.25, 0.3) is 0 Å². The number of nitro benzene ring substituents is 1. The van der Waals surface area contributed by atoms with Gasteiger partial charge in [0.1, 0.15) is 5.75 Å². The summed E-state index contributed by atoms with van der Waals surface area (Å²) in [5, 5.41) is 17.0. The van der Waals surface area contributed by atoms with Gasteiger partial charge in [0.2, 0.25) is 0 Å². The Morgan fingerprint density at radius 1 is 1.07 bits per heavy atom. The summed E-state index contributed by atoms with van der Waals surface area (Å²) >= 11 is 0. The van der Waals surface area contributed by atoms with Gasteiger partial charge in [0.15, 0.2) is 5.75 Å². The summed E-state index contributed by atoms with van der Waals surface area (Å²) < 4.78 is 9.97. The van der Waals surface area contributed by atoms with Crippen molar-refractivity contribution in [2.75, 3.05) is 19.5 Å². The van der Waals surface area contributed by atoms with E-state index in [1.54, 1.807) is 24.3 Å². The Bertz CT molecular complexity index is 897. The smallest absolute Gasteiger partial charge is 0.329 e. The van der Waals surface area contributed by atoms with Gasteiger partial charge in [-0.05, 0) is 24.3 Å². The van der Waals surface area contributed by atoms with Gasteiger partial charge in [0.05, 0.1) is 31.0 Å². The molecule has 0 aliphatic heterocycles. The molecule has 0 fully saturated rings.